The van der Waals surface area contributed by atoms with Crippen LogP contribution in [0.25, 0.3) is 0 Å². The Labute approximate surface area is 174 Å². The number of benzene rings is 2. The van der Waals surface area contributed by atoms with Crippen LogP contribution in [0.1, 0.15) is 29.5 Å². The molecule has 3 rings (SSSR count). The minimum Gasteiger partial charge on any atom is -0.334 e. The van der Waals surface area contributed by atoms with Gasteiger partial charge >= 0.3 is 6.18 Å². The van der Waals surface area contributed by atoms with Gasteiger partial charge in [-0.05, 0) is 49.6 Å². The quantitative estimate of drug-likeness (QED) is 0.658. The molecule has 0 saturated heterocycles. The number of halogens is 3. The molecule has 1 aliphatic rings. The summed E-state index contributed by atoms with van der Waals surface area (Å²) >= 11 is 0. The number of aryl methyl sites for hydroxylation is 1. The van der Waals surface area contributed by atoms with Crippen LogP contribution in [0.5, 0.6) is 0 Å². The molecule has 0 radical (unpaired) electrons. The molecular formula is C21H23F3N2O3S. The van der Waals surface area contributed by atoms with E-state index >= 15 is 0 Å². The van der Waals surface area contributed by atoms with E-state index < -0.39 is 21.8 Å². The Morgan fingerprint density at radius 3 is 2.10 bits per heavy atom. The van der Waals surface area contributed by atoms with E-state index in [2.05, 4.69) is 0 Å². The first kappa shape index (κ1) is 22.3. The number of rotatable bonds is 7. The van der Waals surface area contributed by atoms with Crippen molar-refractivity contribution in [3.63, 3.8) is 0 Å². The summed E-state index contributed by atoms with van der Waals surface area (Å²) < 4.78 is 64.7. The Bertz CT molecular complexity index is 999. The second-order valence-electron chi connectivity index (χ2n) is 7.52. The van der Waals surface area contributed by atoms with E-state index in [-0.39, 0.29) is 29.9 Å². The maximum atomic E-state index is 12.8. The number of sulfonamides is 1. The van der Waals surface area contributed by atoms with Crippen LogP contribution in [0.15, 0.2) is 53.4 Å². The van der Waals surface area contributed by atoms with Crippen LogP contribution in [0.3, 0.4) is 0 Å². The highest BCUT2D eigenvalue weighted by Crippen LogP contribution is 2.31. The monoisotopic (exact) mass is 440 g/mol. The maximum Gasteiger partial charge on any atom is 0.416 e. The van der Waals surface area contributed by atoms with Crippen LogP contribution < -0.4 is 0 Å². The molecule has 5 nitrogen and oxygen atoms in total. The molecule has 0 unspecified atom stereocenters. The van der Waals surface area contributed by atoms with Gasteiger partial charge in [-0.1, -0.05) is 29.8 Å². The van der Waals surface area contributed by atoms with Gasteiger partial charge in [0.1, 0.15) is 0 Å². The molecule has 162 valence electrons. The minimum absolute atomic E-state index is 0.0183. The molecule has 1 saturated carbocycles. The predicted molar refractivity (Wildman–Crippen MR) is 106 cm³/mol. The van der Waals surface area contributed by atoms with Gasteiger partial charge < -0.3 is 4.90 Å². The third kappa shape index (κ3) is 5.20. The van der Waals surface area contributed by atoms with E-state index in [0.717, 1.165) is 34.8 Å². The molecule has 0 N–H and O–H groups in total. The SMILES string of the molecule is Cc1ccc(S(=O)(=O)N(C)CC(=O)N(Cc2ccc(C(F)(F)F)cc2)C2CC2)cc1. The molecule has 1 fully saturated rings. The lowest BCUT2D eigenvalue weighted by atomic mass is 10.1. The lowest BCUT2D eigenvalue weighted by Crippen LogP contribution is -2.41. The van der Waals surface area contributed by atoms with E-state index in [1.165, 1.54) is 31.3 Å². The summed E-state index contributed by atoms with van der Waals surface area (Å²) in [7, 11) is -2.48. The standard InChI is InChI=1S/C21H23F3N2O3S/c1-15-3-11-19(12-4-15)30(28,29)25(2)14-20(27)26(18-9-10-18)13-16-5-7-17(8-6-16)21(22,23)24/h3-8,11-12,18H,9-10,13-14H2,1-2H3. The van der Waals surface area contributed by atoms with Gasteiger partial charge in [-0.2, -0.15) is 17.5 Å². The molecule has 0 spiro atoms. The molecule has 2 aromatic carbocycles. The second-order valence-corrected chi connectivity index (χ2v) is 9.57. The van der Waals surface area contributed by atoms with Crippen molar-refractivity contribution < 1.29 is 26.4 Å². The molecule has 1 amide bonds. The number of likely N-dealkylation sites (N-methyl/N-ethyl adjacent to an activating group) is 1. The van der Waals surface area contributed by atoms with Gasteiger partial charge in [0.05, 0.1) is 17.0 Å². The third-order valence-corrected chi connectivity index (χ3v) is 6.85. The molecule has 0 atom stereocenters. The predicted octanol–water partition coefficient (Wildman–Crippen LogP) is 3.83. The van der Waals surface area contributed by atoms with Crippen molar-refractivity contribution in [1.82, 2.24) is 9.21 Å². The average molecular weight is 440 g/mol. The highest BCUT2D eigenvalue weighted by atomic mass is 32.2. The number of carbonyl (C=O) groups is 1. The third-order valence-electron chi connectivity index (χ3n) is 5.03. The molecule has 2 aromatic rings. The zero-order valence-electron chi connectivity index (χ0n) is 16.7. The van der Waals surface area contributed by atoms with E-state index in [1.54, 1.807) is 17.0 Å². The molecule has 30 heavy (non-hydrogen) atoms. The highest BCUT2D eigenvalue weighted by molar-refractivity contribution is 7.89. The summed E-state index contributed by atoms with van der Waals surface area (Å²) in [5.41, 5.74) is 0.732. The van der Waals surface area contributed by atoms with Crippen LogP contribution >= 0.6 is 0 Å². The van der Waals surface area contributed by atoms with Gasteiger partial charge in [-0.15, -0.1) is 0 Å². The van der Waals surface area contributed by atoms with E-state index in [4.69, 9.17) is 0 Å². The Hall–Kier alpha value is -2.39. The number of carbonyl (C=O) groups excluding carboxylic acids is 1. The zero-order chi connectivity index (χ0) is 22.1. The van der Waals surface area contributed by atoms with Gasteiger partial charge in [-0.25, -0.2) is 8.42 Å². The zero-order valence-corrected chi connectivity index (χ0v) is 17.5. The normalized spacial score (nSPS) is 14.7. The van der Waals surface area contributed by atoms with Crippen molar-refractivity contribution in [2.45, 2.75) is 43.4 Å². The fourth-order valence-electron chi connectivity index (χ4n) is 3.06. The average Bonchev–Trinajstić information content (AvgIpc) is 3.51. The van der Waals surface area contributed by atoms with Gasteiger partial charge in [-0.3, -0.25) is 4.79 Å². The highest BCUT2D eigenvalue weighted by Gasteiger charge is 2.35. The topological polar surface area (TPSA) is 57.7 Å². The van der Waals surface area contributed by atoms with Gasteiger partial charge in [0.15, 0.2) is 0 Å². The van der Waals surface area contributed by atoms with E-state index in [1.807, 2.05) is 6.92 Å². The summed E-state index contributed by atoms with van der Waals surface area (Å²) in [6.07, 6.45) is -2.83. The van der Waals surface area contributed by atoms with Gasteiger partial charge in [0, 0.05) is 19.6 Å². The molecule has 9 heteroatoms. The van der Waals surface area contributed by atoms with Crippen molar-refractivity contribution in [2.24, 2.45) is 0 Å². The summed E-state index contributed by atoms with van der Waals surface area (Å²) in [4.78, 5) is 14.5. The lowest BCUT2D eigenvalue weighted by molar-refractivity contribution is -0.137. The summed E-state index contributed by atoms with van der Waals surface area (Å²) in [5.74, 6) is -0.379. The van der Waals surface area contributed by atoms with E-state index in [9.17, 15) is 26.4 Å². The fourth-order valence-corrected chi connectivity index (χ4v) is 4.18. The van der Waals surface area contributed by atoms with Crippen molar-refractivity contribution in [2.75, 3.05) is 13.6 Å². The first-order chi connectivity index (χ1) is 14.0. The molecule has 1 aliphatic carbocycles. The summed E-state index contributed by atoms with van der Waals surface area (Å²) in [6, 6.07) is 11.0. The van der Waals surface area contributed by atoms with Crippen LogP contribution in [0, 0.1) is 6.92 Å². The summed E-state index contributed by atoms with van der Waals surface area (Å²) in [6.45, 7) is 1.64. The number of hydrogen-bond acceptors (Lipinski definition) is 3. The molecule has 0 aromatic heterocycles. The molecule has 0 bridgehead atoms. The second kappa shape index (κ2) is 8.39. The molecule has 0 heterocycles. The Morgan fingerprint density at radius 2 is 1.60 bits per heavy atom. The smallest absolute Gasteiger partial charge is 0.334 e. The van der Waals surface area contributed by atoms with Crippen molar-refractivity contribution >= 4 is 15.9 Å². The molecule has 0 aliphatic heterocycles. The largest absolute Gasteiger partial charge is 0.416 e. The Morgan fingerprint density at radius 1 is 1.03 bits per heavy atom. The Balaban J connectivity index is 1.70. The van der Waals surface area contributed by atoms with E-state index in [0.29, 0.717) is 5.56 Å². The first-order valence-corrected chi connectivity index (χ1v) is 10.9. The number of hydrogen-bond donors (Lipinski definition) is 0. The van der Waals surface area contributed by atoms with Crippen molar-refractivity contribution in [3.05, 3.63) is 65.2 Å². The Kier molecular flexibility index (Phi) is 6.24. The maximum absolute atomic E-state index is 12.8. The van der Waals surface area contributed by atoms with Gasteiger partial charge in [0.25, 0.3) is 0 Å². The van der Waals surface area contributed by atoms with Crippen LogP contribution in [-0.4, -0.2) is 43.2 Å². The minimum atomic E-state index is -4.42. The van der Waals surface area contributed by atoms with Crippen LogP contribution in [-0.2, 0) is 27.5 Å². The number of amides is 1. The molecular weight excluding hydrogens is 417 g/mol. The van der Waals surface area contributed by atoms with Crippen LogP contribution in [0.4, 0.5) is 13.2 Å². The van der Waals surface area contributed by atoms with Crippen molar-refractivity contribution in [1.29, 1.82) is 0 Å². The number of alkyl halides is 3. The summed E-state index contributed by atoms with van der Waals surface area (Å²) in [5, 5.41) is 0. The van der Waals surface area contributed by atoms with Crippen molar-refractivity contribution in [3.8, 4) is 0 Å². The fraction of sp³-hybridized carbons (Fsp3) is 0.381. The van der Waals surface area contributed by atoms with Crippen LogP contribution in [0.2, 0.25) is 0 Å². The van der Waals surface area contributed by atoms with Gasteiger partial charge in [0.2, 0.25) is 15.9 Å². The lowest BCUT2D eigenvalue weighted by Gasteiger charge is -2.25. The number of nitrogens with zero attached hydrogens (tertiary/aromatic N) is 2. The first-order valence-electron chi connectivity index (χ1n) is 9.47.